The Kier molecular flexibility index (Phi) is 5.01. The first-order valence-corrected chi connectivity index (χ1v) is 10.3. The average molecular weight is 397 g/mol. The number of benzene rings is 2. The van der Waals surface area contributed by atoms with Crippen LogP contribution in [0.5, 0.6) is 5.75 Å². The molecule has 0 saturated heterocycles. The molecule has 0 aliphatic carbocycles. The minimum atomic E-state index is 0.0524. The van der Waals surface area contributed by atoms with Crippen molar-refractivity contribution in [1.82, 2.24) is 10.3 Å². The fourth-order valence-electron chi connectivity index (χ4n) is 4.25. The number of carbonyl (C=O) groups excluding carboxylic acids is 1. The number of amidine groups is 1. The highest BCUT2D eigenvalue weighted by molar-refractivity contribution is 5.85. The van der Waals surface area contributed by atoms with E-state index in [0.717, 1.165) is 66.2 Å². The van der Waals surface area contributed by atoms with E-state index in [4.69, 9.17) is 4.74 Å². The summed E-state index contributed by atoms with van der Waals surface area (Å²) in [5, 5.41) is 3.40. The molecule has 1 N–H and O–H groups in total. The van der Waals surface area contributed by atoms with E-state index in [1.54, 1.807) is 0 Å². The van der Waals surface area contributed by atoms with Gasteiger partial charge in [-0.05, 0) is 41.0 Å². The summed E-state index contributed by atoms with van der Waals surface area (Å²) < 4.78 is 6.09. The second-order valence-electron chi connectivity index (χ2n) is 7.66. The molecule has 5 heteroatoms. The van der Waals surface area contributed by atoms with Crippen LogP contribution in [0, 0.1) is 0 Å². The van der Waals surface area contributed by atoms with Crippen LogP contribution in [0.4, 0.5) is 0 Å². The van der Waals surface area contributed by atoms with Crippen LogP contribution in [0.1, 0.15) is 39.5 Å². The summed E-state index contributed by atoms with van der Waals surface area (Å²) in [6.07, 6.45) is 4.38. The summed E-state index contributed by atoms with van der Waals surface area (Å²) in [6.45, 7) is 2.41. The molecule has 0 bridgehead atoms. The lowest BCUT2D eigenvalue weighted by Gasteiger charge is -2.21. The number of nitrogens with zero attached hydrogens (tertiary/aromatic N) is 2. The third-order valence-electron chi connectivity index (χ3n) is 5.75. The van der Waals surface area contributed by atoms with Crippen molar-refractivity contribution in [3.8, 4) is 16.9 Å². The topological polar surface area (TPSA) is 63.6 Å². The minimum absolute atomic E-state index is 0.0524. The van der Waals surface area contributed by atoms with E-state index in [-0.39, 0.29) is 5.92 Å². The van der Waals surface area contributed by atoms with Crippen LogP contribution in [-0.2, 0) is 6.42 Å². The number of aromatic nitrogens is 1. The average Bonchev–Trinajstić information content (AvgIpc) is 3.49. The van der Waals surface area contributed by atoms with Crippen LogP contribution in [0.2, 0.25) is 0 Å². The standard InChI is InChI=1S/C25H23N3O2/c29-16-17-4-6-18(7-5-17)20-13-19-8-12-30-25(19)22(14-20)21(15-24-27-10-11-28-24)23-3-1-2-9-26-23/h1-7,9,13-14,16,21H,8,10-12,15H2,(H,27,28). The van der Waals surface area contributed by atoms with Crippen LogP contribution in [0.25, 0.3) is 11.1 Å². The lowest BCUT2D eigenvalue weighted by atomic mass is 9.86. The maximum absolute atomic E-state index is 11.0. The maximum atomic E-state index is 11.0. The highest BCUT2D eigenvalue weighted by Crippen LogP contribution is 2.41. The summed E-state index contributed by atoms with van der Waals surface area (Å²) in [6, 6.07) is 18.2. The van der Waals surface area contributed by atoms with E-state index in [1.165, 1.54) is 5.56 Å². The maximum Gasteiger partial charge on any atom is 0.150 e. The quantitative estimate of drug-likeness (QED) is 0.638. The Balaban J connectivity index is 1.62. The zero-order chi connectivity index (χ0) is 20.3. The Morgan fingerprint density at radius 2 is 2.00 bits per heavy atom. The zero-order valence-electron chi connectivity index (χ0n) is 16.7. The molecule has 5 rings (SSSR count). The van der Waals surface area contributed by atoms with Gasteiger partial charge in [0.05, 0.1) is 19.0 Å². The third kappa shape index (κ3) is 3.59. The molecule has 2 aromatic carbocycles. The van der Waals surface area contributed by atoms with E-state index in [2.05, 4.69) is 33.5 Å². The van der Waals surface area contributed by atoms with Crippen LogP contribution < -0.4 is 10.1 Å². The van der Waals surface area contributed by atoms with E-state index >= 15 is 0 Å². The number of aldehydes is 1. The van der Waals surface area contributed by atoms with Crippen molar-refractivity contribution in [2.45, 2.75) is 18.8 Å². The molecule has 150 valence electrons. The van der Waals surface area contributed by atoms with Gasteiger partial charge in [-0.3, -0.25) is 14.8 Å². The molecule has 1 aromatic heterocycles. The molecule has 3 heterocycles. The van der Waals surface area contributed by atoms with Gasteiger partial charge in [-0.2, -0.15) is 0 Å². The molecule has 0 amide bonds. The number of fused-ring (bicyclic) bond motifs is 1. The lowest BCUT2D eigenvalue weighted by Crippen LogP contribution is -2.22. The second kappa shape index (κ2) is 8.11. The Morgan fingerprint density at radius 1 is 1.10 bits per heavy atom. The first-order valence-electron chi connectivity index (χ1n) is 10.3. The number of hydrogen-bond acceptors (Lipinski definition) is 5. The number of carbonyl (C=O) groups is 1. The summed E-state index contributed by atoms with van der Waals surface area (Å²) >= 11 is 0. The van der Waals surface area contributed by atoms with Crippen LogP contribution >= 0.6 is 0 Å². The Labute approximate surface area is 175 Å². The van der Waals surface area contributed by atoms with Gasteiger partial charge in [0.25, 0.3) is 0 Å². The number of aliphatic imine (C=N–C) groups is 1. The predicted molar refractivity (Wildman–Crippen MR) is 117 cm³/mol. The number of rotatable bonds is 6. The fourth-order valence-corrected chi connectivity index (χ4v) is 4.25. The first-order chi connectivity index (χ1) is 14.8. The number of pyridine rings is 1. The van der Waals surface area contributed by atoms with Gasteiger partial charge < -0.3 is 10.1 Å². The smallest absolute Gasteiger partial charge is 0.150 e. The van der Waals surface area contributed by atoms with Crippen molar-refractivity contribution >= 4 is 12.1 Å². The van der Waals surface area contributed by atoms with Crippen molar-refractivity contribution < 1.29 is 9.53 Å². The number of nitrogens with one attached hydrogen (secondary N) is 1. The van der Waals surface area contributed by atoms with E-state index in [9.17, 15) is 4.79 Å². The van der Waals surface area contributed by atoms with Crippen LogP contribution in [0.3, 0.4) is 0 Å². The van der Waals surface area contributed by atoms with Crippen molar-refractivity contribution in [2.75, 3.05) is 19.7 Å². The summed E-state index contributed by atoms with van der Waals surface area (Å²) in [4.78, 5) is 20.3. The molecular formula is C25H23N3O2. The van der Waals surface area contributed by atoms with E-state index < -0.39 is 0 Å². The van der Waals surface area contributed by atoms with E-state index in [1.807, 2.05) is 42.6 Å². The molecule has 5 nitrogen and oxygen atoms in total. The molecule has 1 atom stereocenters. The molecule has 0 radical (unpaired) electrons. The summed E-state index contributed by atoms with van der Waals surface area (Å²) in [7, 11) is 0. The Hall–Kier alpha value is -3.47. The summed E-state index contributed by atoms with van der Waals surface area (Å²) in [5.74, 6) is 2.06. The number of ether oxygens (including phenoxy) is 1. The Bertz CT molecular complexity index is 1090. The van der Waals surface area contributed by atoms with Crippen molar-refractivity contribution in [2.24, 2.45) is 4.99 Å². The predicted octanol–water partition coefficient (Wildman–Crippen LogP) is 4.02. The highest BCUT2D eigenvalue weighted by atomic mass is 16.5. The monoisotopic (exact) mass is 397 g/mol. The molecule has 30 heavy (non-hydrogen) atoms. The second-order valence-corrected chi connectivity index (χ2v) is 7.66. The van der Waals surface area contributed by atoms with Gasteiger partial charge >= 0.3 is 0 Å². The minimum Gasteiger partial charge on any atom is -0.493 e. The SMILES string of the molecule is O=Cc1ccc(-c2cc3c(c(C(CC4=NCCN4)c4ccccn4)c2)OCC3)cc1. The van der Waals surface area contributed by atoms with Gasteiger partial charge in [-0.15, -0.1) is 0 Å². The zero-order valence-corrected chi connectivity index (χ0v) is 16.7. The van der Waals surface area contributed by atoms with Crippen LogP contribution in [0.15, 0.2) is 65.8 Å². The fraction of sp³-hybridized carbons (Fsp3) is 0.240. The van der Waals surface area contributed by atoms with Crippen molar-refractivity contribution in [3.05, 3.63) is 83.2 Å². The third-order valence-corrected chi connectivity index (χ3v) is 5.75. The van der Waals surface area contributed by atoms with Crippen molar-refractivity contribution in [3.63, 3.8) is 0 Å². The molecule has 2 aliphatic heterocycles. The van der Waals surface area contributed by atoms with Gasteiger partial charge in [0.1, 0.15) is 12.0 Å². The van der Waals surface area contributed by atoms with E-state index in [0.29, 0.717) is 12.2 Å². The molecule has 1 unspecified atom stereocenters. The molecule has 3 aromatic rings. The van der Waals surface area contributed by atoms with Gasteiger partial charge in [-0.25, -0.2) is 0 Å². The molecular weight excluding hydrogens is 374 g/mol. The number of hydrogen-bond donors (Lipinski definition) is 1. The lowest BCUT2D eigenvalue weighted by molar-refractivity contribution is 0.112. The molecule has 2 aliphatic rings. The van der Waals surface area contributed by atoms with Gasteiger partial charge in [0.15, 0.2) is 0 Å². The van der Waals surface area contributed by atoms with Gasteiger partial charge in [0.2, 0.25) is 0 Å². The van der Waals surface area contributed by atoms with Crippen molar-refractivity contribution in [1.29, 1.82) is 0 Å². The van der Waals surface area contributed by atoms with Gasteiger partial charge in [0, 0.05) is 48.3 Å². The van der Waals surface area contributed by atoms with Gasteiger partial charge in [-0.1, -0.05) is 30.3 Å². The Morgan fingerprint density at radius 3 is 2.73 bits per heavy atom. The largest absolute Gasteiger partial charge is 0.493 e. The summed E-state index contributed by atoms with van der Waals surface area (Å²) in [5.41, 5.74) is 6.29. The highest BCUT2D eigenvalue weighted by Gasteiger charge is 2.27. The normalized spacial score (nSPS) is 15.7. The van der Waals surface area contributed by atoms with Crippen LogP contribution in [-0.4, -0.2) is 36.8 Å². The first kappa shape index (κ1) is 18.6. The molecule has 0 saturated carbocycles. The molecule has 0 spiro atoms. The molecule has 0 fully saturated rings.